The molecule has 0 saturated carbocycles. The van der Waals surface area contributed by atoms with Gasteiger partial charge in [-0.15, -0.1) is 0 Å². The van der Waals surface area contributed by atoms with E-state index in [1.54, 1.807) is 6.07 Å². The first-order valence-corrected chi connectivity index (χ1v) is 16.5. The van der Waals surface area contributed by atoms with Crippen LogP contribution in [0.15, 0.2) is 110 Å². The highest BCUT2D eigenvalue weighted by atomic mass is 79.9. The topological polar surface area (TPSA) is 16.4 Å². The van der Waals surface area contributed by atoms with Crippen molar-refractivity contribution >= 4 is 70.9 Å². The Balaban J connectivity index is 1.54. The standard InChI is InChI=1S/C39H34Br2FNO/c1-37(2)31-20-24(21-32(42)35(31)38(3,4)39(37,5)6)23-19-30-29-9-7-8-10-34(29)44-36(30)33(22-23)43(27-15-11-25(40)12-16-27)28-17-13-26(41)14-18-28/h7-22H,1-6H3. The lowest BCUT2D eigenvalue weighted by molar-refractivity contribution is 0.123. The van der Waals surface area contributed by atoms with Gasteiger partial charge in [0.15, 0.2) is 5.58 Å². The van der Waals surface area contributed by atoms with Crippen LogP contribution in [0.2, 0.25) is 0 Å². The summed E-state index contributed by atoms with van der Waals surface area (Å²) in [6, 6.07) is 32.9. The maximum absolute atomic E-state index is 16.4. The maximum atomic E-state index is 16.4. The molecule has 44 heavy (non-hydrogen) atoms. The van der Waals surface area contributed by atoms with E-state index in [0.717, 1.165) is 70.2 Å². The van der Waals surface area contributed by atoms with Gasteiger partial charge >= 0.3 is 0 Å². The largest absolute Gasteiger partial charge is 0.454 e. The van der Waals surface area contributed by atoms with Crippen LogP contribution in [0.1, 0.15) is 52.7 Å². The van der Waals surface area contributed by atoms with Crippen LogP contribution in [-0.4, -0.2) is 0 Å². The third-order valence-corrected chi connectivity index (χ3v) is 11.8. The number of nitrogens with zero attached hydrogens (tertiary/aromatic N) is 1. The predicted molar refractivity (Wildman–Crippen MR) is 189 cm³/mol. The second kappa shape index (κ2) is 10.1. The predicted octanol–water partition coefficient (Wildman–Crippen LogP) is 13.0. The highest BCUT2D eigenvalue weighted by molar-refractivity contribution is 9.10. The highest BCUT2D eigenvalue weighted by Crippen LogP contribution is 2.62. The van der Waals surface area contributed by atoms with Crippen molar-refractivity contribution in [2.45, 2.75) is 52.4 Å². The molecule has 0 saturated heterocycles. The molecule has 1 aromatic heterocycles. The smallest absolute Gasteiger partial charge is 0.159 e. The Morgan fingerprint density at radius 2 is 1.20 bits per heavy atom. The van der Waals surface area contributed by atoms with Crippen molar-refractivity contribution in [2.75, 3.05) is 4.90 Å². The van der Waals surface area contributed by atoms with Crippen LogP contribution in [0.5, 0.6) is 0 Å². The summed E-state index contributed by atoms with van der Waals surface area (Å²) < 4.78 is 25.0. The first-order chi connectivity index (χ1) is 20.8. The van der Waals surface area contributed by atoms with E-state index in [1.165, 1.54) is 0 Å². The Hall–Kier alpha value is -3.41. The van der Waals surface area contributed by atoms with E-state index in [1.807, 2.05) is 42.5 Å². The van der Waals surface area contributed by atoms with E-state index in [0.29, 0.717) is 0 Å². The fourth-order valence-corrected chi connectivity index (χ4v) is 7.61. The Morgan fingerprint density at radius 3 is 1.82 bits per heavy atom. The number of fused-ring (bicyclic) bond motifs is 4. The molecule has 0 radical (unpaired) electrons. The van der Waals surface area contributed by atoms with E-state index >= 15 is 4.39 Å². The number of furan rings is 1. The van der Waals surface area contributed by atoms with Gasteiger partial charge in [0.05, 0.1) is 5.69 Å². The molecule has 222 valence electrons. The van der Waals surface area contributed by atoms with Crippen LogP contribution in [0, 0.1) is 11.2 Å². The fourth-order valence-electron chi connectivity index (χ4n) is 7.08. The molecule has 7 rings (SSSR count). The number of halogens is 3. The molecule has 0 spiro atoms. The Labute approximate surface area is 275 Å². The van der Waals surface area contributed by atoms with Gasteiger partial charge in [0.1, 0.15) is 11.4 Å². The molecule has 0 unspecified atom stereocenters. The summed E-state index contributed by atoms with van der Waals surface area (Å²) in [6.07, 6.45) is 0. The quantitative estimate of drug-likeness (QED) is 0.181. The van der Waals surface area contributed by atoms with E-state index < -0.39 is 0 Å². The lowest BCUT2D eigenvalue weighted by Crippen LogP contribution is -2.42. The van der Waals surface area contributed by atoms with Crippen molar-refractivity contribution in [3.63, 3.8) is 0 Å². The summed E-state index contributed by atoms with van der Waals surface area (Å²) in [6.45, 7) is 13.4. The molecule has 6 aromatic rings. The minimum absolute atomic E-state index is 0.141. The molecular formula is C39H34Br2FNO. The summed E-state index contributed by atoms with van der Waals surface area (Å²) in [7, 11) is 0. The van der Waals surface area contributed by atoms with Gasteiger partial charge in [0.25, 0.3) is 0 Å². The van der Waals surface area contributed by atoms with Gasteiger partial charge in [0, 0.05) is 31.1 Å². The number of anilines is 3. The monoisotopic (exact) mass is 709 g/mol. The van der Waals surface area contributed by atoms with Gasteiger partial charge in [-0.2, -0.15) is 0 Å². The fraction of sp³-hybridized carbons (Fsp3) is 0.231. The average molecular weight is 712 g/mol. The first-order valence-electron chi connectivity index (χ1n) is 14.9. The van der Waals surface area contributed by atoms with Gasteiger partial charge < -0.3 is 9.32 Å². The normalized spacial score (nSPS) is 16.4. The van der Waals surface area contributed by atoms with Gasteiger partial charge in [-0.1, -0.05) is 97.7 Å². The highest BCUT2D eigenvalue weighted by Gasteiger charge is 2.58. The zero-order valence-corrected chi connectivity index (χ0v) is 28.9. The molecule has 1 heterocycles. The third kappa shape index (κ3) is 4.23. The van der Waals surface area contributed by atoms with Crippen molar-refractivity contribution in [1.29, 1.82) is 0 Å². The third-order valence-electron chi connectivity index (χ3n) is 10.7. The zero-order valence-electron chi connectivity index (χ0n) is 25.7. The van der Waals surface area contributed by atoms with Gasteiger partial charge in [0.2, 0.25) is 0 Å². The van der Waals surface area contributed by atoms with Gasteiger partial charge in [-0.25, -0.2) is 4.39 Å². The molecule has 5 aromatic carbocycles. The van der Waals surface area contributed by atoms with Crippen molar-refractivity contribution < 1.29 is 8.81 Å². The molecule has 0 N–H and O–H groups in total. The van der Waals surface area contributed by atoms with Gasteiger partial charge in [-0.3, -0.25) is 0 Å². The zero-order chi connectivity index (χ0) is 31.2. The molecule has 0 aliphatic heterocycles. The average Bonchev–Trinajstić information content (AvgIpc) is 3.41. The number of hydrogen-bond donors (Lipinski definition) is 0. The van der Waals surface area contributed by atoms with Crippen LogP contribution < -0.4 is 4.90 Å². The molecule has 0 bridgehead atoms. The van der Waals surface area contributed by atoms with Crippen molar-refractivity contribution in [2.24, 2.45) is 5.41 Å². The summed E-state index contributed by atoms with van der Waals surface area (Å²) in [5.74, 6) is -0.141. The summed E-state index contributed by atoms with van der Waals surface area (Å²) in [4.78, 5) is 2.22. The van der Waals surface area contributed by atoms with Crippen molar-refractivity contribution in [3.05, 3.63) is 123 Å². The number of hydrogen-bond acceptors (Lipinski definition) is 2. The second-order valence-corrected chi connectivity index (χ2v) is 15.3. The number of para-hydroxylation sites is 1. The molecule has 1 aliphatic rings. The Morgan fingerprint density at radius 1 is 0.636 bits per heavy atom. The van der Waals surface area contributed by atoms with Crippen molar-refractivity contribution in [1.82, 2.24) is 0 Å². The SMILES string of the molecule is CC1(C)c2cc(-c3cc(N(c4ccc(Br)cc4)c4ccc(Br)cc4)c4oc5ccccc5c4c3)cc(F)c2C(C)(C)C1(C)C. The minimum Gasteiger partial charge on any atom is -0.454 e. The Bertz CT molecular complexity index is 2030. The summed E-state index contributed by atoms with van der Waals surface area (Å²) in [5.41, 5.74) is 7.50. The van der Waals surface area contributed by atoms with Crippen LogP contribution in [0.25, 0.3) is 33.1 Å². The van der Waals surface area contributed by atoms with Crippen LogP contribution in [0.3, 0.4) is 0 Å². The summed E-state index contributed by atoms with van der Waals surface area (Å²) in [5, 5.41) is 2.02. The van der Waals surface area contributed by atoms with E-state index in [2.05, 4.69) is 127 Å². The molecule has 1 aliphatic carbocycles. The second-order valence-electron chi connectivity index (χ2n) is 13.5. The molecule has 5 heteroatoms. The Kier molecular flexibility index (Phi) is 6.69. The minimum atomic E-state index is -0.315. The molecule has 2 nitrogen and oxygen atoms in total. The maximum Gasteiger partial charge on any atom is 0.159 e. The lowest BCUT2D eigenvalue weighted by atomic mass is 9.59. The van der Waals surface area contributed by atoms with Crippen LogP contribution in [-0.2, 0) is 10.8 Å². The van der Waals surface area contributed by atoms with E-state index in [-0.39, 0.29) is 22.1 Å². The van der Waals surface area contributed by atoms with Gasteiger partial charge in [-0.05, 0) is 111 Å². The number of benzene rings is 5. The first kappa shape index (κ1) is 29.3. The van der Waals surface area contributed by atoms with E-state index in [9.17, 15) is 0 Å². The lowest BCUT2D eigenvalue weighted by Gasteiger charge is -2.44. The van der Waals surface area contributed by atoms with Crippen molar-refractivity contribution in [3.8, 4) is 11.1 Å². The van der Waals surface area contributed by atoms with Crippen LogP contribution >= 0.6 is 31.9 Å². The molecule has 0 fully saturated rings. The molecular weight excluding hydrogens is 677 g/mol. The number of rotatable bonds is 4. The molecule has 0 atom stereocenters. The van der Waals surface area contributed by atoms with E-state index in [4.69, 9.17) is 4.42 Å². The summed E-state index contributed by atoms with van der Waals surface area (Å²) >= 11 is 7.20. The van der Waals surface area contributed by atoms with Crippen LogP contribution in [0.4, 0.5) is 21.5 Å². The molecule has 0 amide bonds.